The highest BCUT2D eigenvalue weighted by Crippen LogP contribution is 2.48. The van der Waals surface area contributed by atoms with Gasteiger partial charge in [-0.25, -0.2) is 0 Å². The maximum atomic E-state index is 6.65. The second kappa shape index (κ2) is 5.62. The minimum Gasteiger partial charge on any atom is -0.414 e. The zero-order chi connectivity index (χ0) is 15.9. The van der Waals surface area contributed by atoms with E-state index < -0.39 is 8.32 Å². The standard InChI is InChI=1S/C17H34O3Si/c1-14(20-21(6,7)15(2,3)4)16(5)8-10-17(11-9-16)18-12-13-19-17/h14H,8-13H2,1-7H3. The topological polar surface area (TPSA) is 27.7 Å². The summed E-state index contributed by atoms with van der Waals surface area (Å²) in [6, 6.07) is 0. The minimum absolute atomic E-state index is 0.246. The van der Waals surface area contributed by atoms with Crippen molar-refractivity contribution in [1.82, 2.24) is 0 Å². The Bertz CT molecular complexity index is 357. The molecule has 0 aromatic heterocycles. The molecule has 1 spiro atoms. The van der Waals surface area contributed by atoms with Crippen LogP contribution in [0.15, 0.2) is 0 Å². The van der Waals surface area contributed by atoms with E-state index in [1.54, 1.807) is 0 Å². The lowest BCUT2D eigenvalue weighted by atomic mass is 9.70. The molecule has 1 atom stereocenters. The Morgan fingerprint density at radius 2 is 1.48 bits per heavy atom. The highest BCUT2D eigenvalue weighted by atomic mass is 28.4. The van der Waals surface area contributed by atoms with Crippen LogP contribution in [0.1, 0.15) is 60.3 Å². The molecular weight excluding hydrogens is 280 g/mol. The number of hydrogen-bond acceptors (Lipinski definition) is 3. The molecule has 0 radical (unpaired) electrons. The van der Waals surface area contributed by atoms with E-state index in [9.17, 15) is 0 Å². The van der Waals surface area contributed by atoms with Gasteiger partial charge in [-0.3, -0.25) is 0 Å². The van der Waals surface area contributed by atoms with Gasteiger partial charge in [-0.2, -0.15) is 0 Å². The summed E-state index contributed by atoms with van der Waals surface area (Å²) in [7, 11) is -1.70. The summed E-state index contributed by atoms with van der Waals surface area (Å²) in [5.74, 6) is -0.268. The fourth-order valence-electron chi connectivity index (χ4n) is 3.16. The lowest BCUT2D eigenvalue weighted by molar-refractivity contribution is -0.196. The van der Waals surface area contributed by atoms with E-state index in [0.29, 0.717) is 6.10 Å². The van der Waals surface area contributed by atoms with Crippen LogP contribution in [0.5, 0.6) is 0 Å². The molecule has 0 amide bonds. The monoisotopic (exact) mass is 314 g/mol. The molecule has 0 bridgehead atoms. The van der Waals surface area contributed by atoms with Gasteiger partial charge in [0.25, 0.3) is 0 Å². The van der Waals surface area contributed by atoms with Gasteiger partial charge < -0.3 is 13.9 Å². The van der Waals surface area contributed by atoms with Crippen LogP contribution in [-0.2, 0) is 13.9 Å². The lowest BCUT2D eigenvalue weighted by Crippen LogP contribution is -2.50. The molecule has 1 saturated heterocycles. The van der Waals surface area contributed by atoms with Gasteiger partial charge in [-0.15, -0.1) is 0 Å². The van der Waals surface area contributed by atoms with Crippen molar-refractivity contribution in [2.24, 2.45) is 5.41 Å². The van der Waals surface area contributed by atoms with E-state index in [2.05, 4.69) is 47.7 Å². The van der Waals surface area contributed by atoms with Crippen LogP contribution in [0, 0.1) is 5.41 Å². The molecule has 21 heavy (non-hydrogen) atoms. The van der Waals surface area contributed by atoms with Crippen molar-refractivity contribution in [2.45, 2.75) is 90.3 Å². The third kappa shape index (κ3) is 3.54. The Kier molecular flexibility index (Phi) is 4.67. The lowest BCUT2D eigenvalue weighted by Gasteiger charge is -2.48. The number of hydrogen-bond donors (Lipinski definition) is 0. The maximum Gasteiger partial charge on any atom is 0.192 e. The molecule has 0 aromatic carbocycles. The first kappa shape index (κ1) is 17.5. The first-order valence-corrected chi connectivity index (χ1v) is 11.4. The Morgan fingerprint density at radius 3 is 1.90 bits per heavy atom. The van der Waals surface area contributed by atoms with Gasteiger partial charge >= 0.3 is 0 Å². The van der Waals surface area contributed by atoms with Gasteiger partial charge in [-0.1, -0.05) is 27.7 Å². The quantitative estimate of drug-likeness (QED) is 0.705. The first-order valence-electron chi connectivity index (χ1n) is 8.46. The van der Waals surface area contributed by atoms with Gasteiger partial charge in [0, 0.05) is 18.9 Å². The predicted octanol–water partition coefficient (Wildman–Crippen LogP) is 4.72. The van der Waals surface area contributed by atoms with Crippen LogP contribution in [-0.4, -0.2) is 33.4 Å². The number of rotatable bonds is 3. The van der Waals surface area contributed by atoms with Crippen molar-refractivity contribution in [1.29, 1.82) is 0 Å². The third-order valence-electron chi connectivity index (χ3n) is 6.23. The molecule has 0 aromatic rings. The van der Waals surface area contributed by atoms with Crippen molar-refractivity contribution in [3.05, 3.63) is 0 Å². The molecule has 2 fully saturated rings. The van der Waals surface area contributed by atoms with Crippen LogP contribution in [0.25, 0.3) is 0 Å². The van der Waals surface area contributed by atoms with Crippen molar-refractivity contribution < 1.29 is 13.9 Å². The molecule has 0 N–H and O–H groups in total. The zero-order valence-corrected chi connectivity index (χ0v) is 16.0. The van der Waals surface area contributed by atoms with Crippen LogP contribution >= 0.6 is 0 Å². The summed E-state index contributed by atoms with van der Waals surface area (Å²) in [6.45, 7) is 17.8. The second-order valence-electron chi connectivity index (χ2n) is 8.78. The molecule has 1 aliphatic carbocycles. The highest BCUT2D eigenvalue weighted by molar-refractivity contribution is 6.74. The van der Waals surface area contributed by atoms with Crippen molar-refractivity contribution in [2.75, 3.05) is 13.2 Å². The molecule has 1 unspecified atom stereocenters. The van der Waals surface area contributed by atoms with E-state index in [0.717, 1.165) is 38.9 Å². The Balaban J connectivity index is 1.98. The Morgan fingerprint density at radius 1 is 1.00 bits per heavy atom. The van der Waals surface area contributed by atoms with Crippen LogP contribution < -0.4 is 0 Å². The average molecular weight is 315 g/mol. The summed E-state index contributed by atoms with van der Waals surface area (Å²) >= 11 is 0. The molecule has 124 valence electrons. The maximum absolute atomic E-state index is 6.65. The van der Waals surface area contributed by atoms with Crippen molar-refractivity contribution >= 4 is 8.32 Å². The molecule has 1 saturated carbocycles. The third-order valence-corrected chi connectivity index (χ3v) is 10.8. The fraction of sp³-hybridized carbons (Fsp3) is 1.00. The van der Waals surface area contributed by atoms with Crippen LogP contribution in [0.3, 0.4) is 0 Å². The Labute approximate surface area is 131 Å². The van der Waals surface area contributed by atoms with E-state index in [1.807, 2.05) is 0 Å². The predicted molar refractivity (Wildman–Crippen MR) is 89.0 cm³/mol. The molecule has 1 aliphatic heterocycles. The summed E-state index contributed by atoms with van der Waals surface area (Å²) in [5, 5.41) is 0.269. The summed E-state index contributed by atoms with van der Waals surface area (Å²) in [5.41, 5.74) is 0.246. The van der Waals surface area contributed by atoms with E-state index in [1.165, 1.54) is 0 Å². The van der Waals surface area contributed by atoms with Crippen molar-refractivity contribution in [3.8, 4) is 0 Å². The minimum atomic E-state index is -1.70. The van der Waals surface area contributed by atoms with Gasteiger partial charge in [0.15, 0.2) is 14.1 Å². The molecule has 2 aliphatic rings. The summed E-state index contributed by atoms with van der Waals surface area (Å²) in [6.07, 6.45) is 4.58. The van der Waals surface area contributed by atoms with Crippen LogP contribution in [0.4, 0.5) is 0 Å². The Hall–Kier alpha value is 0.0969. The van der Waals surface area contributed by atoms with E-state index in [-0.39, 0.29) is 16.2 Å². The largest absolute Gasteiger partial charge is 0.414 e. The fourth-order valence-corrected chi connectivity index (χ4v) is 4.68. The molecule has 1 heterocycles. The van der Waals surface area contributed by atoms with Gasteiger partial charge in [0.05, 0.1) is 13.2 Å². The van der Waals surface area contributed by atoms with Crippen molar-refractivity contribution in [3.63, 3.8) is 0 Å². The van der Waals surface area contributed by atoms with E-state index >= 15 is 0 Å². The SMILES string of the molecule is CC(O[Si](C)(C)C(C)(C)C)C1(C)CCC2(CC1)OCCO2. The number of ether oxygens (including phenoxy) is 2. The average Bonchev–Trinajstić information content (AvgIpc) is 2.80. The molecule has 3 nitrogen and oxygen atoms in total. The smallest absolute Gasteiger partial charge is 0.192 e. The van der Waals surface area contributed by atoms with E-state index in [4.69, 9.17) is 13.9 Å². The van der Waals surface area contributed by atoms with Gasteiger partial charge in [0.1, 0.15) is 0 Å². The van der Waals surface area contributed by atoms with Crippen LogP contribution in [0.2, 0.25) is 18.1 Å². The molecular formula is C17H34O3Si. The summed E-state index contributed by atoms with van der Waals surface area (Å²) in [4.78, 5) is 0. The van der Waals surface area contributed by atoms with Gasteiger partial charge in [-0.05, 0) is 43.3 Å². The first-order chi connectivity index (χ1) is 9.50. The zero-order valence-electron chi connectivity index (χ0n) is 15.0. The highest BCUT2D eigenvalue weighted by Gasteiger charge is 2.48. The van der Waals surface area contributed by atoms with Gasteiger partial charge in [0.2, 0.25) is 0 Å². The second-order valence-corrected chi connectivity index (χ2v) is 13.5. The summed E-state index contributed by atoms with van der Waals surface area (Å²) < 4.78 is 18.4. The normalized spacial score (nSPS) is 27.0. The molecule has 4 heteroatoms. The molecule has 2 rings (SSSR count).